The number of ketones is 1. The van der Waals surface area contributed by atoms with Crippen LogP contribution in [0.1, 0.15) is 15.9 Å². The molecule has 2 aromatic rings. The molecule has 0 N–H and O–H groups in total. The summed E-state index contributed by atoms with van der Waals surface area (Å²) in [6, 6.07) is 12.2. The van der Waals surface area contributed by atoms with Crippen LogP contribution in [0.25, 0.3) is 0 Å². The van der Waals surface area contributed by atoms with Gasteiger partial charge in [-0.15, -0.1) is 4.91 Å². The van der Waals surface area contributed by atoms with Gasteiger partial charge in [-0.2, -0.15) is 0 Å². The maximum absolute atomic E-state index is 13.2. The van der Waals surface area contributed by atoms with Crippen LogP contribution in [-0.4, -0.2) is 12.8 Å². The molecular weight excluding hydrogens is 247 g/mol. The maximum Gasteiger partial charge on any atom is 0.195 e. The van der Waals surface area contributed by atoms with E-state index >= 15 is 0 Å². The summed E-state index contributed by atoms with van der Waals surface area (Å²) in [5.74, 6) is -0.818. The highest BCUT2D eigenvalue weighted by Gasteiger charge is 2.17. The minimum Gasteiger partial charge on any atom is -0.289 e. The van der Waals surface area contributed by atoms with Crippen molar-refractivity contribution in [3.63, 3.8) is 0 Å². The largest absolute Gasteiger partial charge is 0.289 e. The molecule has 0 unspecified atom stereocenters. The van der Waals surface area contributed by atoms with Crippen molar-refractivity contribution in [3.05, 3.63) is 70.4 Å². The number of halogens is 1. The molecule has 2 rings (SSSR count). The van der Waals surface area contributed by atoms with E-state index in [1.54, 1.807) is 30.3 Å². The summed E-state index contributed by atoms with van der Waals surface area (Å²) in [6.45, 7) is 0. The highest BCUT2D eigenvalue weighted by Crippen LogP contribution is 2.24. The molecule has 5 heteroatoms. The fraction of sp³-hybridized carbons (Fsp3) is 0.0714. The van der Waals surface area contributed by atoms with Crippen LogP contribution < -0.4 is 5.01 Å². The molecule has 2 aromatic carbocycles. The fourth-order valence-electron chi connectivity index (χ4n) is 1.75. The number of hydrogen-bond acceptors (Lipinski definition) is 3. The molecule has 0 heterocycles. The van der Waals surface area contributed by atoms with Gasteiger partial charge in [-0.3, -0.25) is 4.79 Å². The van der Waals surface area contributed by atoms with Crippen molar-refractivity contribution < 1.29 is 9.18 Å². The lowest BCUT2D eigenvalue weighted by Crippen LogP contribution is -2.13. The first-order chi connectivity index (χ1) is 9.13. The average Bonchev–Trinajstić information content (AvgIpc) is 2.46. The SMILES string of the molecule is CN(N=O)c1cc(F)ccc1C(=O)c1ccccc1. The van der Waals surface area contributed by atoms with Gasteiger partial charge in [0.1, 0.15) is 5.82 Å². The Balaban J connectivity index is 2.50. The maximum atomic E-state index is 13.2. The quantitative estimate of drug-likeness (QED) is 0.481. The first-order valence-electron chi connectivity index (χ1n) is 5.60. The Kier molecular flexibility index (Phi) is 3.66. The van der Waals surface area contributed by atoms with E-state index in [9.17, 15) is 14.1 Å². The summed E-state index contributed by atoms with van der Waals surface area (Å²) >= 11 is 0. The number of carbonyl (C=O) groups is 1. The van der Waals surface area contributed by atoms with Crippen LogP contribution in [0, 0.1) is 10.7 Å². The van der Waals surface area contributed by atoms with E-state index in [4.69, 9.17) is 0 Å². The predicted molar refractivity (Wildman–Crippen MR) is 70.5 cm³/mol. The van der Waals surface area contributed by atoms with E-state index in [1.807, 2.05) is 0 Å². The van der Waals surface area contributed by atoms with Crippen molar-refractivity contribution in [1.82, 2.24) is 0 Å². The Morgan fingerprint density at radius 2 is 1.84 bits per heavy atom. The molecule has 96 valence electrons. The van der Waals surface area contributed by atoms with Crippen LogP contribution in [-0.2, 0) is 0 Å². The molecule has 0 aromatic heterocycles. The van der Waals surface area contributed by atoms with Crippen molar-refractivity contribution >= 4 is 11.5 Å². The second-order valence-corrected chi connectivity index (χ2v) is 3.96. The molecule has 0 aliphatic carbocycles. The van der Waals surface area contributed by atoms with Gasteiger partial charge in [0.05, 0.1) is 11.0 Å². The topological polar surface area (TPSA) is 49.7 Å². The third kappa shape index (κ3) is 2.65. The zero-order chi connectivity index (χ0) is 13.8. The summed E-state index contributed by atoms with van der Waals surface area (Å²) in [5, 5.41) is 3.63. The summed E-state index contributed by atoms with van der Waals surface area (Å²) in [4.78, 5) is 22.9. The standard InChI is InChI=1S/C14H11FN2O2/c1-17(16-19)13-9-11(15)7-8-12(13)14(18)10-5-3-2-4-6-10/h2-9H,1H3. The van der Waals surface area contributed by atoms with Crippen molar-refractivity contribution in [2.24, 2.45) is 5.29 Å². The van der Waals surface area contributed by atoms with Gasteiger partial charge in [0, 0.05) is 18.2 Å². The Morgan fingerprint density at radius 1 is 1.16 bits per heavy atom. The lowest BCUT2D eigenvalue weighted by molar-refractivity contribution is 0.103. The highest BCUT2D eigenvalue weighted by molar-refractivity contribution is 6.12. The van der Waals surface area contributed by atoms with Crippen molar-refractivity contribution in [2.75, 3.05) is 12.1 Å². The number of hydrogen-bond donors (Lipinski definition) is 0. The van der Waals surface area contributed by atoms with Gasteiger partial charge in [-0.1, -0.05) is 30.3 Å². The van der Waals surface area contributed by atoms with Gasteiger partial charge in [0.2, 0.25) is 0 Å². The van der Waals surface area contributed by atoms with Gasteiger partial charge in [0.25, 0.3) is 0 Å². The van der Waals surface area contributed by atoms with Crippen molar-refractivity contribution in [3.8, 4) is 0 Å². The number of anilines is 1. The van der Waals surface area contributed by atoms with Gasteiger partial charge in [0.15, 0.2) is 5.78 Å². The minimum absolute atomic E-state index is 0.142. The molecule has 0 saturated carbocycles. The van der Waals surface area contributed by atoms with Crippen LogP contribution in [0.4, 0.5) is 10.1 Å². The molecule has 4 nitrogen and oxygen atoms in total. The highest BCUT2D eigenvalue weighted by atomic mass is 19.1. The first-order valence-corrected chi connectivity index (χ1v) is 5.60. The van der Waals surface area contributed by atoms with Crippen LogP contribution in [0.15, 0.2) is 53.8 Å². The molecule has 0 saturated heterocycles. The molecule has 0 aliphatic heterocycles. The van der Waals surface area contributed by atoms with Crippen molar-refractivity contribution in [1.29, 1.82) is 0 Å². The molecular formula is C14H11FN2O2. The first kappa shape index (κ1) is 12.9. The molecule has 0 spiro atoms. The van der Waals surface area contributed by atoms with E-state index in [-0.39, 0.29) is 17.0 Å². The van der Waals surface area contributed by atoms with Crippen LogP contribution in [0.5, 0.6) is 0 Å². The van der Waals surface area contributed by atoms with Gasteiger partial charge >= 0.3 is 0 Å². The van der Waals surface area contributed by atoms with Crippen LogP contribution >= 0.6 is 0 Å². The molecule has 0 atom stereocenters. The summed E-state index contributed by atoms with van der Waals surface area (Å²) < 4.78 is 13.2. The Morgan fingerprint density at radius 3 is 2.47 bits per heavy atom. The van der Waals surface area contributed by atoms with E-state index in [2.05, 4.69) is 5.29 Å². The molecule has 0 bridgehead atoms. The van der Waals surface area contributed by atoms with Gasteiger partial charge in [-0.05, 0) is 18.2 Å². The minimum atomic E-state index is -0.532. The summed E-state index contributed by atoms with van der Waals surface area (Å²) in [7, 11) is 1.36. The average molecular weight is 258 g/mol. The smallest absolute Gasteiger partial charge is 0.195 e. The van der Waals surface area contributed by atoms with Crippen LogP contribution in [0.3, 0.4) is 0 Å². The lowest BCUT2D eigenvalue weighted by atomic mass is 10.0. The summed E-state index contributed by atoms with van der Waals surface area (Å²) in [6.07, 6.45) is 0. The number of benzene rings is 2. The second-order valence-electron chi connectivity index (χ2n) is 3.96. The molecule has 0 aliphatic rings. The number of nitroso groups, excluding NO2 is 1. The predicted octanol–water partition coefficient (Wildman–Crippen LogP) is 3.17. The Labute approximate surface area is 109 Å². The third-order valence-electron chi connectivity index (χ3n) is 2.71. The number of nitrogens with zero attached hydrogens (tertiary/aromatic N) is 2. The zero-order valence-corrected chi connectivity index (χ0v) is 10.2. The molecule has 0 radical (unpaired) electrons. The number of rotatable bonds is 4. The molecule has 0 amide bonds. The van der Waals surface area contributed by atoms with Gasteiger partial charge in [-0.25, -0.2) is 9.40 Å². The summed E-state index contributed by atoms with van der Waals surface area (Å²) in [5.41, 5.74) is 0.841. The fourth-order valence-corrected chi connectivity index (χ4v) is 1.75. The Hall–Kier alpha value is -2.56. The van der Waals surface area contributed by atoms with Crippen LogP contribution in [0.2, 0.25) is 0 Å². The van der Waals surface area contributed by atoms with E-state index in [1.165, 1.54) is 19.2 Å². The monoisotopic (exact) mass is 258 g/mol. The van der Waals surface area contributed by atoms with E-state index in [0.29, 0.717) is 5.56 Å². The van der Waals surface area contributed by atoms with Gasteiger partial charge < -0.3 is 0 Å². The molecule has 19 heavy (non-hydrogen) atoms. The zero-order valence-electron chi connectivity index (χ0n) is 10.2. The van der Waals surface area contributed by atoms with E-state index < -0.39 is 5.82 Å². The van der Waals surface area contributed by atoms with Crippen molar-refractivity contribution in [2.45, 2.75) is 0 Å². The Bertz CT molecular complexity index is 614. The molecule has 0 fully saturated rings. The second kappa shape index (κ2) is 5.39. The number of carbonyl (C=O) groups excluding carboxylic acids is 1. The lowest BCUT2D eigenvalue weighted by Gasteiger charge is -2.13. The normalized spacial score (nSPS) is 10.0. The third-order valence-corrected chi connectivity index (χ3v) is 2.71. The van der Waals surface area contributed by atoms with E-state index in [0.717, 1.165) is 11.1 Å².